The highest BCUT2D eigenvalue weighted by Gasteiger charge is 2.31. The molecule has 2 aromatic rings. The number of carbonyl (C=O) groups excluding carboxylic acids is 1. The van der Waals surface area contributed by atoms with Crippen LogP contribution >= 0.6 is 0 Å². The predicted octanol–water partition coefficient (Wildman–Crippen LogP) is 3.99. The van der Waals surface area contributed by atoms with Gasteiger partial charge in [0.15, 0.2) is 5.78 Å². The highest BCUT2D eigenvalue weighted by Crippen LogP contribution is 2.39. The number of hydrogen-bond acceptors (Lipinski definition) is 3. The van der Waals surface area contributed by atoms with E-state index in [1.807, 2.05) is 36.4 Å². The highest BCUT2D eigenvalue weighted by molar-refractivity contribution is 5.97. The molecule has 0 spiro atoms. The molecule has 0 N–H and O–H groups in total. The smallest absolute Gasteiger partial charge is 0.269 e. The third kappa shape index (κ3) is 2.68. The Kier molecular flexibility index (Phi) is 3.83. The van der Waals surface area contributed by atoms with E-state index in [1.165, 1.54) is 12.1 Å². The fourth-order valence-corrected chi connectivity index (χ4v) is 3.00. The molecule has 2 aromatic carbocycles. The maximum absolute atomic E-state index is 12.4. The lowest BCUT2D eigenvalue weighted by Gasteiger charge is -2.28. The van der Waals surface area contributed by atoms with Crippen molar-refractivity contribution in [3.63, 3.8) is 0 Å². The number of allylic oxidation sites excluding steroid dienone is 2. The van der Waals surface area contributed by atoms with Crippen LogP contribution in [0.15, 0.2) is 66.7 Å². The zero-order chi connectivity index (χ0) is 15.5. The Hall–Kier alpha value is -2.75. The fourth-order valence-electron chi connectivity index (χ4n) is 3.00. The van der Waals surface area contributed by atoms with Crippen molar-refractivity contribution in [2.45, 2.75) is 18.3 Å². The lowest BCUT2D eigenvalue weighted by molar-refractivity contribution is -0.384. The van der Waals surface area contributed by atoms with Gasteiger partial charge < -0.3 is 0 Å². The van der Waals surface area contributed by atoms with Crippen molar-refractivity contribution in [2.24, 2.45) is 0 Å². The molecule has 4 nitrogen and oxygen atoms in total. The van der Waals surface area contributed by atoms with Crippen LogP contribution in [-0.2, 0) is 4.79 Å². The fraction of sp³-hybridized carbons (Fsp3) is 0.167. The lowest BCUT2D eigenvalue weighted by atomic mass is 9.74. The largest absolute Gasteiger partial charge is 0.294 e. The van der Waals surface area contributed by atoms with Gasteiger partial charge in [-0.3, -0.25) is 14.9 Å². The summed E-state index contributed by atoms with van der Waals surface area (Å²) in [5, 5.41) is 10.8. The van der Waals surface area contributed by atoms with E-state index in [0.717, 1.165) is 17.5 Å². The maximum Gasteiger partial charge on any atom is 0.269 e. The second kappa shape index (κ2) is 5.93. The van der Waals surface area contributed by atoms with Crippen molar-refractivity contribution >= 4 is 11.5 Å². The summed E-state index contributed by atoms with van der Waals surface area (Å²) >= 11 is 0. The molecular formula is C18H15NO3. The molecule has 3 rings (SSSR count). The number of non-ortho nitro benzene ring substituents is 1. The van der Waals surface area contributed by atoms with Crippen molar-refractivity contribution < 1.29 is 9.72 Å². The van der Waals surface area contributed by atoms with E-state index >= 15 is 0 Å². The number of rotatable bonds is 3. The summed E-state index contributed by atoms with van der Waals surface area (Å²) in [6, 6.07) is 16.2. The third-order valence-corrected chi connectivity index (χ3v) is 4.07. The van der Waals surface area contributed by atoms with Crippen molar-refractivity contribution in [1.29, 1.82) is 0 Å². The second-order valence-electron chi connectivity index (χ2n) is 5.38. The first-order valence-corrected chi connectivity index (χ1v) is 7.16. The SMILES string of the molecule is O=C1C=CC[C@@H](c2ccccc2)[C@@H]1c1ccc([N+](=O)[O-])cc1. The standard InChI is InChI=1S/C18H15NO3/c20-17-8-4-7-16(13-5-2-1-3-6-13)18(17)14-9-11-15(12-10-14)19(21)22/h1-6,8-12,16,18H,7H2/t16-,18-/m0/s1. The molecule has 1 aliphatic carbocycles. The minimum atomic E-state index is -0.430. The Balaban J connectivity index is 1.99. The van der Waals surface area contributed by atoms with Crippen LogP contribution in [0.25, 0.3) is 0 Å². The van der Waals surface area contributed by atoms with Crippen LogP contribution in [-0.4, -0.2) is 10.7 Å². The van der Waals surface area contributed by atoms with Crippen molar-refractivity contribution in [3.8, 4) is 0 Å². The third-order valence-electron chi connectivity index (χ3n) is 4.07. The zero-order valence-corrected chi connectivity index (χ0v) is 11.9. The first-order chi connectivity index (χ1) is 10.7. The summed E-state index contributed by atoms with van der Waals surface area (Å²) in [7, 11) is 0. The molecule has 22 heavy (non-hydrogen) atoms. The number of hydrogen-bond donors (Lipinski definition) is 0. The topological polar surface area (TPSA) is 60.2 Å². The second-order valence-corrected chi connectivity index (χ2v) is 5.38. The Morgan fingerprint density at radius 3 is 2.27 bits per heavy atom. The van der Waals surface area contributed by atoms with Crippen LogP contribution in [0.5, 0.6) is 0 Å². The Morgan fingerprint density at radius 2 is 1.64 bits per heavy atom. The molecule has 0 aromatic heterocycles. The molecule has 2 atom stereocenters. The molecule has 0 saturated carbocycles. The molecule has 110 valence electrons. The molecule has 0 unspecified atom stereocenters. The summed E-state index contributed by atoms with van der Waals surface area (Å²) in [6.45, 7) is 0. The number of nitrogens with zero attached hydrogens (tertiary/aromatic N) is 1. The van der Waals surface area contributed by atoms with Crippen molar-refractivity contribution in [1.82, 2.24) is 0 Å². The molecule has 0 amide bonds. The highest BCUT2D eigenvalue weighted by atomic mass is 16.6. The summed E-state index contributed by atoms with van der Waals surface area (Å²) < 4.78 is 0. The van der Waals surface area contributed by atoms with Gasteiger partial charge in [-0.25, -0.2) is 0 Å². The van der Waals surface area contributed by atoms with Gasteiger partial charge in [0.05, 0.1) is 10.8 Å². The molecule has 0 saturated heterocycles. The van der Waals surface area contributed by atoms with Crippen LogP contribution < -0.4 is 0 Å². The van der Waals surface area contributed by atoms with Gasteiger partial charge in [0.25, 0.3) is 5.69 Å². The summed E-state index contributed by atoms with van der Waals surface area (Å²) in [5.74, 6) is -0.165. The molecule has 0 radical (unpaired) electrons. The van der Waals surface area contributed by atoms with Crippen LogP contribution in [0.3, 0.4) is 0 Å². The minimum absolute atomic E-state index is 0.0406. The van der Waals surface area contributed by atoms with Crippen LogP contribution in [0.4, 0.5) is 5.69 Å². The van der Waals surface area contributed by atoms with Crippen molar-refractivity contribution in [2.75, 3.05) is 0 Å². The van der Waals surface area contributed by atoms with E-state index < -0.39 is 4.92 Å². The van der Waals surface area contributed by atoms with E-state index in [0.29, 0.717) is 0 Å². The summed E-state index contributed by atoms with van der Waals surface area (Å²) in [6.07, 6.45) is 4.31. The Morgan fingerprint density at radius 1 is 0.955 bits per heavy atom. The molecule has 0 aliphatic heterocycles. The average Bonchev–Trinajstić information content (AvgIpc) is 2.55. The monoisotopic (exact) mass is 293 g/mol. The minimum Gasteiger partial charge on any atom is -0.294 e. The number of carbonyl (C=O) groups is 1. The van der Waals surface area contributed by atoms with Gasteiger partial charge in [-0.2, -0.15) is 0 Å². The summed E-state index contributed by atoms with van der Waals surface area (Å²) in [5.41, 5.74) is 1.98. The lowest BCUT2D eigenvalue weighted by Crippen LogP contribution is -2.22. The molecule has 0 heterocycles. The molecule has 4 heteroatoms. The van der Waals surface area contributed by atoms with Crippen LogP contribution in [0.2, 0.25) is 0 Å². The van der Waals surface area contributed by atoms with Gasteiger partial charge in [-0.1, -0.05) is 48.5 Å². The van der Waals surface area contributed by atoms with Gasteiger partial charge in [0.2, 0.25) is 0 Å². The summed E-state index contributed by atoms with van der Waals surface area (Å²) in [4.78, 5) is 22.7. The van der Waals surface area contributed by atoms with Crippen molar-refractivity contribution in [3.05, 3.63) is 88.0 Å². The maximum atomic E-state index is 12.4. The van der Waals surface area contributed by atoms with Gasteiger partial charge in [-0.15, -0.1) is 0 Å². The number of nitro groups is 1. The van der Waals surface area contributed by atoms with E-state index in [4.69, 9.17) is 0 Å². The first kappa shape index (κ1) is 14.2. The van der Waals surface area contributed by atoms with Crippen LogP contribution in [0, 0.1) is 10.1 Å². The Labute approximate surface area is 128 Å². The van der Waals surface area contributed by atoms with E-state index in [-0.39, 0.29) is 23.3 Å². The molecular weight excluding hydrogens is 278 g/mol. The molecule has 0 fully saturated rings. The zero-order valence-electron chi connectivity index (χ0n) is 11.9. The van der Waals surface area contributed by atoms with E-state index in [1.54, 1.807) is 18.2 Å². The Bertz CT molecular complexity index is 720. The molecule has 0 bridgehead atoms. The van der Waals surface area contributed by atoms with Gasteiger partial charge in [0, 0.05) is 18.1 Å². The van der Waals surface area contributed by atoms with Gasteiger partial charge >= 0.3 is 0 Å². The number of ketones is 1. The normalized spacial score (nSPS) is 20.8. The van der Waals surface area contributed by atoms with E-state index in [9.17, 15) is 14.9 Å². The predicted molar refractivity (Wildman–Crippen MR) is 83.8 cm³/mol. The molecule has 1 aliphatic rings. The average molecular weight is 293 g/mol. The number of nitro benzene ring substituents is 1. The quantitative estimate of drug-likeness (QED) is 0.635. The van der Waals surface area contributed by atoms with E-state index in [2.05, 4.69) is 0 Å². The first-order valence-electron chi connectivity index (χ1n) is 7.16. The van der Waals surface area contributed by atoms with Crippen LogP contribution in [0.1, 0.15) is 29.4 Å². The van der Waals surface area contributed by atoms with Gasteiger partial charge in [-0.05, 0) is 23.6 Å². The van der Waals surface area contributed by atoms with Gasteiger partial charge in [0.1, 0.15) is 0 Å². The number of benzene rings is 2.